The van der Waals surface area contributed by atoms with Gasteiger partial charge in [0.05, 0.1) is 0 Å². The van der Waals surface area contributed by atoms with Crippen molar-refractivity contribution in [2.24, 2.45) is 18.0 Å². The van der Waals surface area contributed by atoms with Gasteiger partial charge in [0, 0.05) is 39.6 Å². The third kappa shape index (κ3) is 7.58. The minimum Gasteiger partial charge on any atom is -0.357 e. The first kappa shape index (κ1) is 21.4. The molecule has 0 amide bonds. The van der Waals surface area contributed by atoms with Crippen LogP contribution in [0.5, 0.6) is 0 Å². The molecule has 0 unspecified atom stereocenters. The van der Waals surface area contributed by atoms with Crippen LogP contribution >= 0.6 is 0 Å². The van der Waals surface area contributed by atoms with E-state index in [0.717, 1.165) is 25.0 Å². The lowest BCUT2D eigenvalue weighted by molar-refractivity contribution is 0.181. The predicted molar refractivity (Wildman–Crippen MR) is 122 cm³/mol. The Hall–Kier alpha value is -2.27. The van der Waals surface area contributed by atoms with Gasteiger partial charge in [-0.15, -0.1) is 0 Å². The van der Waals surface area contributed by atoms with Crippen LogP contribution in [0.4, 0.5) is 0 Å². The fourth-order valence-corrected chi connectivity index (χ4v) is 4.10. The molecule has 29 heavy (non-hydrogen) atoms. The van der Waals surface area contributed by atoms with Crippen molar-refractivity contribution < 1.29 is 0 Å². The first-order chi connectivity index (χ1) is 14.2. The fourth-order valence-electron chi connectivity index (χ4n) is 4.10. The van der Waals surface area contributed by atoms with Crippen LogP contribution in [0.2, 0.25) is 0 Å². The molecule has 0 saturated carbocycles. The molecule has 0 atom stereocenters. The van der Waals surface area contributed by atoms with Gasteiger partial charge in [-0.1, -0.05) is 30.3 Å². The van der Waals surface area contributed by atoms with E-state index in [1.54, 1.807) is 0 Å². The van der Waals surface area contributed by atoms with Crippen molar-refractivity contribution in [1.29, 1.82) is 0 Å². The minimum absolute atomic E-state index is 0.804. The van der Waals surface area contributed by atoms with E-state index in [9.17, 15) is 0 Å². The van der Waals surface area contributed by atoms with Crippen LogP contribution in [-0.4, -0.2) is 48.7 Å². The molecule has 0 aliphatic carbocycles. The molecule has 1 fully saturated rings. The summed E-state index contributed by atoms with van der Waals surface area (Å²) >= 11 is 0. The summed E-state index contributed by atoms with van der Waals surface area (Å²) in [5, 5.41) is 6.81. The number of benzene rings is 1. The van der Waals surface area contributed by atoms with E-state index in [1.807, 2.05) is 14.1 Å². The zero-order valence-electron chi connectivity index (χ0n) is 18.1. The summed E-state index contributed by atoms with van der Waals surface area (Å²) in [6, 6.07) is 13.1. The number of likely N-dealkylation sites (tertiary alicyclic amines) is 1. The monoisotopic (exact) mass is 395 g/mol. The molecule has 1 aliphatic rings. The highest BCUT2D eigenvalue weighted by Crippen LogP contribution is 2.21. The molecule has 1 aromatic carbocycles. The van der Waals surface area contributed by atoms with Gasteiger partial charge in [0.2, 0.25) is 0 Å². The second-order valence-electron chi connectivity index (χ2n) is 8.22. The standard InChI is InChI=1S/C24H37N5/c1-25-24(27-19-23-10-15-28(2)20-23)26-13-6-7-14-29-16-11-22(12-17-29)18-21-8-4-3-5-9-21/h3-5,8-10,15,20,22H,6-7,11-14,16-19H2,1-2H3,(H2,25,26,27). The molecule has 2 aromatic rings. The van der Waals surface area contributed by atoms with E-state index in [4.69, 9.17) is 0 Å². The van der Waals surface area contributed by atoms with E-state index < -0.39 is 0 Å². The smallest absolute Gasteiger partial charge is 0.191 e. The van der Waals surface area contributed by atoms with Crippen molar-refractivity contribution in [3.8, 4) is 0 Å². The number of piperidine rings is 1. The van der Waals surface area contributed by atoms with Crippen molar-refractivity contribution in [2.75, 3.05) is 33.2 Å². The summed E-state index contributed by atoms with van der Waals surface area (Å²) in [7, 11) is 3.88. The van der Waals surface area contributed by atoms with Crippen molar-refractivity contribution in [3.63, 3.8) is 0 Å². The number of rotatable bonds is 9. The number of aromatic nitrogens is 1. The van der Waals surface area contributed by atoms with Gasteiger partial charge >= 0.3 is 0 Å². The van der Waals surface area contributed by atoms with Crippen molar-refractivity contribution in [2.45, 2.75) is 38.6 Å². The van der Waals surface area contributed by atoms with Crippen LogP contribution in [0.15, 0.2) is 53.8 Å². The summed E-state index contributed by atoms with van der Waals surface area (Å²) in [5.41, 5.74) is 2.76. The highest BCUT2D eigenvalue weighted by Gasteiger charge is 2.18. The lowest BCUT2D eigenvalue weighted by Gasteiger charge is -2.32. The molecule has 3 rings (SSSR count). The molecule has 2 heterocycles. The number of unbranched alkanes of at least 4 members (excludes halogenated alkanes) is 1. The van der Waals surface area contributed by atoms with Gasteiger partial charge < -0.3 is 20.1 Å². The minimum atomic E-state index is 0.804. The number of aliphatic imine (C=N–C) groups is 1. The summed E-state index contributed by atoms with van der Waals surface area (Å²) < 4.78 is 2.07. The van der Waals surface area contributed by atoms with Gasteiger partial charge in [-0.25, -0.2) is 0 Å². The number of guanidine groups is 1. The maximum absolute atomic E-state index is 4.32. The van der Waals surface area contributed by atoms with E-state index in [0.29, 0.717) is 0 Å². The Labute approximate surface area is 176 Å². The quantitative estimate of drug-likeness (QED) is 0.388. The van der Waals surface area contributed by atoms with Crippen LogP contribution in [-0.2, 0) is 20.0 Å². The van der Waals surface area contributed by atoms with Crippen LogP contribution < -0.4 is 10.6 Å². The Morgan fingerprint density at radius 1 is 1.03 bits per heavy atom. The van der Waals surface area contributed by atoms with Crippen LogP contribution in [0, 0.1) is 5.92 Å². The van der Waals surface area contributed by atoms with Crippen LogP contribution in [0.3, 0.4) is 0 Å². The zero-order chi connectivity index (χ0) is 20.3. The van der Waals surface area contributed by atoms with Crippen molar-refractivity contribution in [3.05, 3.63) is 59.9 Å². The fraction of sp³-hybridized carbons (Fsp3) is 0.542. The van der Waals surface area contributed by atoms with Crippen molar-refractivity contribution >= 4 is 5.96 Å². The third-order valence-corrected chi connectivity index (χ3v) is 5.84. The predicted octanol–water partition coefficient (Wildman–Crippen LogP) is 3.43. The molecule has 1 aliphatic heterocycles. The van der Waals surface area contributed by atoms with Gasteiger partial charge in [0.25, 0.3) is 0 Å². The molecule has 1 aromatic heterocycles. The lowest BCUT2D eigenvalue weighted by Crippen LogP contribution is -2.38. The molecular weight excluding hydrogens is 358 g/mol. The second-order valence-corrected chi connectivity index (χ2v) is 8.22. The second kappa shape index (κ2) is 11.7. The molecule has 0 bridgehead atoms. The number of nitrogens with zero attached hydrogens (tertiary/aromatic N) is 3. The zero-order valence-corrected chi connectivity index (χ0v) is 18.1. The molecule has 5 heteroatoms. The summed E-state index contributed by atoms with van der Waals surface area (Å²) in [5.74, 6) is 1.74. The van der Waals surface area contributed by atoms with Crippen LogP contribution in [0.25, 0.3) is 0 Å². The first-order valence-electron chi connectivity index (χ1n) is 11.0. The average Bonchev–Trinajstić information content (AvgIpc) is 3.17. The Morgan fingerprint density at radius 3 is 2.52 bits per heavy atom. The van der Waals surface area contributed by atoms with E-state index in [1.165, 1.54) is 62.9 Å². The Kier molecular flexibility index (Phi) is 8.62. The number of hydrogen-bond donors (Lipinski definition) is 2. The first-order valence-corrected chi connectivity index (χ1v) is 11.0. The normalized spacial score (nSPS) is 16.1. The van der Waals surface area contributed by atoms with E-state index >= 15 is 0 Å². The van der Waals surface area contributed by atoms with Crippen LogP contribution in [0.1, 0.15) is 36.8 Å². The Bertz CT molecular complexity index is 729. The Balaban J connectivity index is 1.23. The van der Waals surface area contributed by atoms with E-state index in [-0.39, 0.29) is 0 Å². The molecule has 0 radical (unpaired) electrons. The average molecular weight is 396 g/mol. The molecule has 0 spiro atoms. The topological polar surface area (TPSA) is 44.6 Å². The largest absolute Gasteiger partial charge is 0.357 e. The van der Waals surface area contributed by atoms with E-state index in [2.05, 4.69) is 73.9 Å². The summed E-state index contributed by atoms with van der Waals surface area (Å²) in [6.07, 6.45) is 10.5. The number of aryl methyl sites for hydroxylation is 1. The maximum Gasteiger partial charge on any atom is 0.191 e. The van der Waals surface area contributed by atoms with Gasteiger partial charge in [0.1, 0.15) is 0 Å². The van der Waals surface area contributed by atoms with Gasteiger partial charge in [0.15, 0.2) is 5.96 Å². The summed E-state index contributed by atoms with van der Waals surface area (Å²) in [6.45, 7) is 5.50. The highest BCUT2D eigenvalue weighted by molar-refractivity contribution is 5.79. The van der Waals surface area contributed by atoms with Crippen molar-refractivity contribution in [1.82, 2.24) is 20.1 Å². The molecule has 158 valence electrons. The van der Waals surface area contributed by atoms with Gasteiger partial charge in [-0.3, -0.25) is 4.99 Å². The third-order valence-electron chi connectivity index (χ3n) is 5.84. The molecule has 5 nitrogen and oxygen atoms in total. The SMILES string of the molecule is CN=C(NCCCCN1CCC(Cc2ccccc2)CC1)NCc1ccn(C)c1. The number of nitrogens with one attached hydrogen (secondary N) is 2. The van der Waals surface area contributed by atoms with Gasteiger partial charge in [-0.2, -0.15) is 0 Å². The maximum atomic E-state index is 4.32. The van der Waals surface area contributed by atoms with Gasteiger partial charge in [-0.05, 0) is 74.8 Å². The number of hydrogen-bond acceptors (Lipinski definition) is 2. The molecule has 1 saturated heterocycles. The molecular formula is C24H37N5. The Morgan fingerprint density at radius 2 is 1.83 bits per heavy atom. The highest BCUT2D eigenvalue weighted by atomic mass is 15.2. The lowest BCUT2D eigenvalue weighted by atomic mass is 9.90. The molecule has 2 N–H and O–H groups in total. The summed E-state index contributed by atoms with van der Waals surface area (Å²) in [4.78, 5) is 6.96.